The Balaban J connectivity index is 1.39. The van der Waals surface area contributed by atoms with Gasteiger partial charge in [0.05, 0.1) is 5.69 Å². The van der Waals surface area contributed by atoms with Crippen molar-refractivity contribution in [3.63, 3.8) is 0 Å². The van der Waals surface area contributed by atoms with Crippen LogP contribution < -0.4 is 9.80 Å². The SMILES string of the molecule is O=S(=O)(Cc1ccon1)N1CCN(c2cc(N3CCCCC3)ncn2)CC1. The first-order chi connectivity index (χ1) is 13.1. The van der Waals surface area contributed by atoms with Crippen LogP contribution in [-0.2, 0) is 15.8 Å². The van der Waals surface area contributed by atoms with Crippen LogP contribution in [-0.4, -0.2) is 67.1 Å². The molecule has 4 heterocycles. The molecule has 0 spiro atoms. The Bertz CT molecular complexity index is 843. The molecule has 0 amide bonds. The second kappa shape index (κ2) is 7.81. The first kappa shape index (κ1) is 18.2. The van der Waals surface area contributed by atoms with Crippen molar-refractivity contribution in [3.8, 4) is 0 Å². The van der Waals surface area contributed by atoms with E-state index in [-0.39, 0.29) is 5.75 Å². The van der Waals surface area contributed by atoms with Gasteiger partial charge in [0.25, 0.3) is 0 Å². The van der Waals surface area contributed by atoms with E-state index in [1.807, 2.05) is 6.07 Å². The molecule has 2 aromatic rings. The Kier molecular flexibility index (Phi) is 5.26. The molecule has 2 fully saturated rings. The number of nitrogens with zero attached hydrogens (tertiary/aromatic N) is 6. The predicted molar refractivity (Wildman–Crippen MR) is 101 cm³/mol. The van der Waals surface area contributed by atoms with Gasteiger partial charge in [-0.05, 0) is 19.3 Å². The molecule has 2 aliphatic heterocycles. The first-order valence-corrected chi connectivity index (χ1v) is 10.9. The van der Waals surface area contributed by atoms with Crippen molar-refractivity contribution in [1.29, 1.82) is 0 Å². The lowest BCUT2D eigenvalue weighted by molar-refractivity contribution is 0.380. The molecule has 2 aliphatic rings. The standard InChI is InChI=1S/C17H24N6O3S/c24-27(25,13-15-4-11-26-20-15)23-9-7-22(8-10-23)17-12-16(18-14-19-17)21-5-2-1-3-6-21/h4,11-12,14H,1-3,5-10,13H2. The van der Waals surface area contributed by atoms with Crippen LogP contribution in [0.2, 0.25) is 0 Å². The Morgan fingerprint density at radius 2 is 1.59 bits per heavy atom. The van der Waals surface area contributed by atoms with E-state index in [4.69, 9.17) is 4.52 Å². The van der Waals surface area contributed by atoms with E-state index in [9.17, 15) is 8.42 Å². The van der Waals surface area contributed by atoms with Crippen molar-refractivity contribution in [3.05, 3.63) is 30.4 Å². The van der Waals surface area contributed by atoms with Gasteiger partial charge in [-0.1, -0.05) is 5.16 Å². The number of piperazine rings is 1. The Labute approximate surface area is 159 Å². The van der Waals surface area contributed by atoms with E-state index in [0.717, 1.165) is 24.7 Å². The van der Waals surface area contributed by atoms with Crippen LogP contribution in [0.15, 0.2) is 29.2 Å². The summed E-state index contributed by atoms with van der Waals surface area (Å²) in [4.78, 5) is 13.2. The molecule has 10 heteroatoms. The zero-order chi connectivity index (χ0) is 18.7. The van der Waals surface area contributed by atoms with Gasteiger partial charge in [0.15, 0.2) is 0 Å². The van der Waals surface area contributed by atoms with Crippen LogP contribution >= 0.6 is 0 Å². The van der Waals surface area contributed by atoms with Crippen molar-refractivity contribution in [1.82, 2.24) is 19.4 Å². The summed E-state index contributed by atoms with van der Waals surface area (Å²) in [5, 5.41) is 3.70. The molecule has 2 saturated heterocycles. The Morgan fingerprint density at radius 3 is 2.22 bits per heavy atom. The van der Waals surface area contributed by atoms with E-state index in [1.165, 1.54) is 29.8 Å². The summed E-state index contributed by atoms with van der Waals surface area (Å²) in [5.74, 6) is 1.69. The number of aromatic nitrogens is 3. The van der Waals surface area contributed by atoms with E-state index in [1.54, 1.807) is 12.4 Å². The lowest BCUT2D eigenvalue weighted by atomic mass is 10.1. The van der Waals surface area contributed by atoms with Crippen LogP contribution in [0.4, 0.5) is 11.6 Å². The average molecular weight is 392 g/mol. The highest BCUT2D eigenvalue weighted by atomic mass is 32.2. The molecular weight excluding hydrogens is 368 g/mol. The van der Waals surface area contributed by atoms with Gasteiger partial charge < -0.3 is 14.3 Å². The summed E-state index contributed by atoms with van der Waals surface area (Å²) >= 11 is 0. The molecule has 0 N–H and O–H groups in total. The van der Waals surface area contributed by atoms with Gasteiger partial charge in [-0.15, -0.1) is 0 Å². The summed E-state index contributed by atoms with van der Waals surface area (Å²) in [6.07, 6.45) is 6.66. The minimum atomic E-state index is -3.39. The molecule has 0 bridgehead atoms. The van der Waals surface area contributed by atoms with Crippen molar-refractivity contribution in [2.45, 2.75) is 25.0 Å². The van der Waals surface area contributed by atoms with Crippen LogP contribution in [0, 0.1) is 0 Å². The minimum Gasteiger partial charge on any atom is -0.364 e. The van der Waals surface area contributed by atoms with Gasteiger partial charge in [-0.25, -0.2) is 18.4 Å². The second-order valence-electron chi connectivity index (χ2n) is 6.92. The summed E-state index contributed by atoms with van der Waals surface area (Å²) in [6.45, 7) is 4.14. The number of hydrogen-bond donors (Lipinski definition) is 0. The minimum absolute atomic E-state index is 0.129. The smallest absolute Gasteiger partial charge is 0.220 e. The molecule has 27 heavy (non-hydrogen) atoms. The van der Waals surface area contributed by atoms with Crippen LogP contribution in [0.5, 0.6) is 0 Å². The molecule has 0 atom stereocenters. The third-order valence-electron chi connectivity index (χ3n) is 5.10. The van der Waals surface area contributed by atoms with Crippen LogP contribution in [0.25, 0.3) is 0 Å². The zero-order valence-electron chi connectivity index (χ0n) is 15.2. The third kappa shape index (κ3) is 4.22. The highest BCUT2D eigenvalue weighted by Gasteiger charge is 2.28. The van der Waals surface area contributed by atoms with Gasteiger partial charge in [0.1, 0.15) is 30.0 Å². The van der Waals surface area contributed by atoms with E-state index in [0.29, 0.717) is 31.9 Å². The molecule has 4 rings (SSSR count). The van der Waals surface area contributed by atoms with Gasteiger partial charge in [-0.2, -0.15) is 4.31 Å². The number of anilines is 2. The fourth-order valence-electron chi connectivity index (χ4n) is 3.59. The lowest BCUT2D eigenvalue weighted by Gasteiger charge is -2.35. The first-order valence-electron chi connectivity index (χ1n) is 9.31. The molecule has 0 saturated carbocycles. The molecular formula is C17H24N6O3S. The maximum atomic E-state index is 12.6. The molecule has 0 aliphatic carbocycles. The van der Waals surface area contributed by atoms with E-state index in [2.05, 4.69) is 24.9 Å². The monoisotopic (exact) mass is 392 g/mol. The summed E-state index contributed by atoms with van der Waals surface area (Å²) in [5.41, 5.74) is 0.430. The number of sulfonamides is 1. The maximum Gasteiger partial charge on any atom is 0.220 e. The fourth-order valence-corrected chi connectivity index (χ4v) is 5.02. The number of piperidine rings is 1. The van der Waals surface area contributed by atoms with Gasteiger partial charge in [0, 0.05) is 51.4 Å². The van der Waals surface area contributed by atoms with E-state index < -0.39 is 10.0 Å². The molecule has 0 radical (unpaired) electrons. The number of hydrogen-bond acceptors (Lipinski definition) is 8. The summed E-state index contributed by atoms with van der Waals surface area (Å²) in [7, 11) is -3.39. The molecule has 0 unspecified atom stereocenters. The predicted octanol–water partition coefficient (Wildman–Crippen LogP) is 1.11. The Hall–Kier alpha value is -2.20. The zero-order valence-corrected chi connectivity index (χ0v) is 16.0. The fraction of sp³-hybridized carbons (Fsp3) is 0.588. The van der Waals surface area contributed by atoms with Crippen molar-refractivity contribution in [2.24, 2.45) is 0 Å². The van der Waals surface area contributed by atoms with Crippen molar-refractivity contribution in [2.75, 3.05) is 49.1 Å². The van der Waals surface area contributed by atoms with Crippen molar-refractivity contribution >= 4 is 21.7 Å². The van der Waals surface area contributed by atoms with Gasteiger partial charge in [0.2, 0.25) is 10.0 Å². The summed E-state index contributed by atoms with van der Waals surface area (Å²) < 4.78 is 31.3. The maximum absolute atomic E-state index is 12.6. The molecule has 0 aromatic carbocycles. The highest BCUT2D eigenvalue weighted by molar-refractivity contribution is 7.88. The van der Waals surface area contributed by atoms with Crippen molar-refractivity contribution < 1.29 is 12.9 Å². The van der Waals surface area contributed by atoms with Crippen LogP contribution in [0.1, 0.15) is 25.0 Å². The molecule has 9 nitrogen and oxygen atoms in total. The quantitative estimate of drug-likeness (QED) is 0.747. The van der Waals surface area contributed by atoms with Crippen LogP contribution in [0.3, 0.4) is 0 Å². The molecule has 2 aromatic heterocycles. The largest absolute Gasteiger partial charge is 0.364 e. The second-order valence-corrected chi connectivity index (χ2v) is 8.88. The average Bonchev–Trinajstić information content (AvgIpc) is 3.21. The summed E-state index contributed by atoms with van der Waals surface area (Å²) in [6, 6.07) is 3.60. The topological polar surface area (TPSA) is 95.7 Å². The molecule has 146 valence electrons. The third-order valence-corrected chi connectivity index (χ3v) is 6.91. The van der Waals surface area contributed by atoms with Gasteiger partial charge >= 0.3 is 0 Å². The Morgan fingerprint density at radius 1 is 0.926 bits per heavy atom. The highest BCUT2D eigenvalue weighted by Crippen LogP contribution is 2.22. The lowest BCUT2D eigenvalue weighted by Crippen LogP contribution is -2.49. The van der Waals surface area contributed by atoms with Gasteiger partial charge in [-0.3, -0.25) is 0 Å². The number of rotatable bonds is 5. The normalized spacial score (nSPS) is 19.4. The van der Waals surface area contributed by atoms with E-state index >= 15 is 0 Å².